The van der Waals surface area contributed by atoms with Crippen LogP contribution in [-0.4, -0.2) is 66.6 Å². The molecular weight excluding hydrogens is 526 g/mol. The number of hydrogen-bond acceptors (Lipinski definition) is 7. The van der Waals surface area contributed by atoms with E-state index in [9.17, 15) is 9.18 Å². The molecule has 1 amide bonds. The van der Waals surface area contributed by atoms with Crippen LogP contribution < -0.4 is 5.32 Å². The largest absolute Gasteiger partial charge is 0.340 e. The standard InChI is InChI=1S/C30H34F2N8O/c1-19(41)40-12-10-39(11-13-40)18-20-8-9-26(33-16-20)35-30-34-17-25(32)27(36-30)22-14-23-28(24(31)15-22)37-38(2)29(23)21-6-4-3-5-7-21/h8-9,14-17,21H,3-7,10-13,18H2,1-2H3,(H,33,34,35,36). The lowest BCUT2D eigenvalue weighted by Crippen LogP contribution is -2.47. The van der Waals surface area contributed by atoms with Gasteiger partial charge >= 0.3 is 0 Å². The van der Waals surface area contributed by atoms with Gasteiger partial charge in [-0.1, -0.05) is 25.3 Å². The lowest BCUT2D eigenvalue weighted by molar-refractivity contribution is -0.130. The van der Waals surface area contributed by atoms with Gasteiger partial charge in [0.2, 0.25) is 11.9 Å². The van der Waals surface area contributed by atoms with Crippen molar-refractivity contribution in [3.8, 4) is 11.3 Å². The quantitative estimate of drug-likeness (QED) is 0.348. The number of carbonyl (C=O) groups excluding carboxylic acids is 1. The van der Waals surface area contributed by atoms with E-state index in [0.717, 1.165) is 75.9 Å². The number of rotatable bonds is 6. The molecule has 11 heteroatoms. The highest BCUT2D eigenvalue weighted by Crippen LogP contribution is 2.38. The van der Waals surface area contributed by atoms with Crippen molar-refractivity contribution < 1.29 is 13.6 Å². The maximum atomic E-state index is 15.2. The number of hydrogen-bond donors (Lipinski definition) is 1. The summed E-state index contributed by atoms with van der Waals surface area (Å²) in [6.45, 7) is 5.43. The molecule has 2 aliphatic rings. The Morgan fingerprint density at radius 3 is 2.49 bits per heavy atom. The summed E-state index contributed by atoms with van der Waals surface area (Å²) in [5.74, 6) is -0.0319. The number of amides is 1. The number of aryl methyl sites for hydroxylation is 1. The second-order valence-corrected chi connectivity index (χ2v) is 11.0. The fraction of sp³-hybridized carbons (Fsp3) is 0.433. The molecule has 2 fully saturated rings. The van der Waals surface area contributed by atoms with Crippen molar-refractivity contribution in [2.24, 2.45) is 7.05 Å². The summed E-state index contributed by atoms with van der Waals surface area (Å²) < 4.78 is 32.0. The maximum Gasteiger partial charge on any atom is 0.229 e. The lowest BCUT2D eigenvalue weighted by atomic mass is 9.85. The average molecular weight is 561 g/mol. The Labute approximate surface area is 237 Å². The molecule has 9 nitrogen and oxygen atoms in total. The second kappa shape index (κ2) is 11.5. The zero-order valence-electron chi connectivity index (χ0n) is 23.4. The fourth-order valence-electron chi connectivity index (χ4n) is 6.09. The Morgan fingerprint density at radius 1 is 1.00 bits per heavy atom. The molecule has 1 aliphatic heterocycles. The Morgan fingerprint density at radius 2 is 1.78 bits per heavy atom. The summed E-state index contributed by atoms with van der Waals surface area (Å²) in [4.78, 5) is 28.7. The number of nitrogens with one attached hydrogen (secondary N) is 1. The van der Waals surface area contributed by atoms with E-state index in [4.69, 9.17) is 0 Å². The number of piperazine rings is 1. The summed E-state index contributed by atoms with van der Waals surface area (Å²) in [5, 5.41) is 8.20. The van der Waals surface area contributed by atoms with Crippen molar-refractivity contribution in [1.82, 2.24) is 34.5 Å². The third-order valence-electron chi connectivity index (χ3n) is 8.24. The summed E-state index contributed by atoms with van der Waals surface area (Å²) in [7, 11) is 1.85. The highest BCUT2D eigenvalue weighted by Gasteiger charge is 2.25. The van der Waals surface area contributed by atoms with E-state index in [1.807, 2.05) is 24.1 Å². The number of nitrogens with zero attached hydrogens (tertiary/aromatic N) is 7. The molecule has 1 aliphatic carbocycles. The molecule has 0 unspecified atom stereocenters. The predicted octanol–water partition coefficient (Wildman–Crippen LogP) is 5.16. The van der Waals surface area contributed by atoms with E-state index in [1.54, 1.807) is 23.9 Å². The van der Waals surface area contributed by atoms with Crippen LogP contribution in [0.5, 0.6) is 0 Å². The van der Waals surface area contributed by atoms with Crippen LogP contribution >= 0.6 is 0 Å². The van der Waals surface area contributed by atoms with Gasteiger partial charge in [0.15, 0.2) is 11.6 Å². The van der Waals surface area contributed by atoms with Gasteiger partial charge in [0.05, 0.1) is 6.20 Å². The number of pyridine rings is 1. The molecule has 0 spiro atoms. The summed E-state index contributed by atoms with van der Waals surface area (Å²) in [6, 6.07) is 6.88. The molecule has 1 saturated heterocycles. The third kappa shape index (κ3) is 5.76. The SMILES string of the molecule is CC(=O)N1CCN(Cc2ccc(Nc3ncc(F)c(-c4cc(F)c5nn(C)c(C6CCCCC6)c5c4)n3)nc2)CC1. The zero-order chi connectivity index (χ0) is 28.5. The van der Waals surface area contributed by atoms with Crippen molar-refractivity contribution in [3.63, 3.8) is 0 Å². The highest BCUT2D eigenvalue weighted by atomic mass is 19.1. The summed E-state index contributed by atoms with van der Waals surface area (Å²) in [6.07, 6.45) is 8.45. The molecule has 41 heavy (non-hydrogen) atoms. The van der Waals surface area contributed by atoms with E-state index in [-0.39, 0.29) is 17.5 Å². The molecule has 6 rings (SSSR count). The Bertz CT molecular complexity index is 1560. The minimum Gasteiger partial charge on any atom is -0.340 e. The van der Waals surface area contributed by atoms with Crippen LogP contribution in [0.25, 0.3) is 22.2 Å². The summed E-state index contributed by atoms with van der Waals surface area (Å²) in [5.41, 5.74) is 2.70. The van der Waals surface area contributed by atoms with Crippen LogP contribution in [0.15, 0.2) is 36.7 Å². The first-order chi connectivity index (χ1) is 19.9. The first-order valence-corrected chi connectivity index (χ1v) is 14.2. The van der Waals surface area contributed by atoms with E-state index in [0.29, 0.717) is 28.2 Å². The summed E-state index contributed by atoms with van der Waals surface area (Å²) >= 11 is 0. The Hall–Kier alpha value is -3.99. The van der Waals surface area contributed by atoms with Gasteiger partial charge < -0.3 is 10.2 Å². The zero-order valence-corrected chi connectivity index (χ0v) is 23.4. The Balaban J connectivity index is 1.20. The van der Waals surface area contributed by atoms with Crippen LogP contribution in [0.1, 0.15) is 56.2 Å². The van der Waals surface area contributed by atoms with Crippen molar-refractivity contribution in [2.75, 3.05) is 31.5 Å². The molecule has 214 valence electrons. The van der Waals surface area contributed by atoms with Gasteiger partial charge in [-0.3, -0.25) is 14.4 Å². The topological polar surface area (TPSA) is 92.1 Å². The van der Waals surface area contributed by atoms with Crippen molar-refractivity contribution in [3.05, 3.63) is 59.6 Å². The number of anilines is 2. The monoisotopic (exact) mass is 560 g/mol. The number of fused-ring (bicyclic) bond motifs is 1. The smallest absolute Gasteiger partial charge is 0.229 e. The van der Waals surface area contributed by atoms with E-state index in [2.05, 4.69) is 30.3 Å². The molecule has 4 heterocycles. The Kier molecular flexibility index (Phi) is 7.61. The average Bonchev–Trinajstić information content (AvgIpc) is 3.32. The number of carbonyl (C=O) groups is 1. The van der Waals surface area contributed by atoms with Crippen molar-refractivity contribution in [2.45, 2.75) is 51.5 Å². The van der Waals surface area contributed by atoms with Gasteiger partial charge in [-0.25, -0.2) is 23.7 Å². The molecule has 0 radical (unpaired) electrons. The van der Waals surface area contributed by atoms with E-state index >= 15 is 4.39 Å². The van der Waals surface area contributed by atoms with Crippen LogP contribution in [-0.2, 0) is 18.4 Å². The van der Waals surface area contributed by atoms with Crippen molar-refractivity contribution in [1.29, 1.82) is 0 Å². The number of halogens is 2. The van der Waals surface area contributed by atoms with Gasteiger partial charge in [0.1, 0.15) is 17.0 Å². The minimum atomic E-state index is -0.634. The minimum absolute atomic E-state index is 0.0167. The second-order valence-electron chi connectivity index (χ2n) is 11.0. The molecule has 3 aromatic heterocycles. The predicted molar refractivity (Wildman–Crippen MR) is 153 cm³/mol. The van der Waals surface area contributed by atoms with Gasteiger partial charge in [0, 0.05) is 75.5 Å². The molecule has 0 atom stereocenters. The number of benzene rings is 1. The van der Waals surface area contributed by atoms with E-state index in [1.165, 1.54) is 12.5 Å². The van der Waals surface area contributed by atoms with Gasteiger partial charge in [-0.15, -0.1) is 0 Å². The van der Waals surface area contributed by atoms with Gasteiger partial charge in [0.25, 0.3) is 0 Å². The molecule has 1 N–H and O–H groups in total. The lowest BCUT2D eigenvalue weighted by Gasteiger charge is -2.34. The molecule has 1 aromatic carbocycles. The van der Waals surface area contributed by atoms with Crippen molar-refractivity contribution >= 4 is 28.6 Å². The molecule has 1 saturated carbocycles. The number of aromatic nitrogens is 5. The maximum absolute atomic E-state index is 15.2. The fourth-order valence-corrected chi connectivity index (χ4v) is 6.09. The van der Waals surface area contributed by atoms with Gasteiger partial charge in [-0.05, 0) is 36.6 Å². The molecule has 4 aromatic rings. The first-order valence-electron chi connectivity index (χ1n) is 14.2. The van der Waals surface area contributed by atoms with Gasteiger partial charge in [-0.2, -0.15) is 5.10 Å². The first kappa shape index (κ1) is 27.2. The third-order valence-corrected chi connectivity index (χ3v) is 8.24. The van der Waals surface area contributed by atoms with Crippen LogP contribution in [0, 0.1) is 11.6 Å². The van der Waals surface area contributed by atoms with E-state index < -0.39 is 11.6 Å². The molecular formula is C30H34F2N8O. The highest BCUT2D eigenvalue weighted by molar-refractivity contribution is 5.87. The van der Waals surface area contributed by atoms with Crippen LogP contribution in [0.2, 0.25) is 0 Å². The molecule has 0 bridgehead atoms. The van der Waals surface area contributed by atoms with Crippen LogP contribution in [0.4, 0.5) is 20.5 Å². The normalized spacial score (nSPS) is 16.8. The van der Waals surface area contributed by atoms with Crippen LogP contribution in [0.3, 0.4) is 0 Å².